The molecule has 0 bridgehead atoms. The average Bonchev–Trinajstić information content (AvgIpc) is 2.33. The summed E-state index contributed by atoms with van der Waals surface area (Å²) in [7, 11) is 2.20. The van der Waals surface area contributed by atoms with Crippen molar-refractivity contribution >= 4 is 0 Å². The zero-order chi connectivity index (χ0) is 16.1. The minimum Gasteiger partial charge on any atom is -0.374 e. The predicted octanol–water partition coefficient (Wildman–Crippen LogP) is 2.20. The summed E-state index contributed by atoms with van der Waals surface area (Å²) in [5.41, 5.74) is 0.468. The van der Waals surface area contributed by atoms with Gasteiger partial charge >= 0.3 is 0 Å². The molecule has 1 heterocycles. The topological polar surface area (TPSA) is 27.7 Å². The van der Waals surface area contributed by atoms with Gasteiger partial charge in [-0.05, 0) is 68.1 Å². The molecule has 1 saturated heterocycles. The molecule has 0 aromatic carbocycles. The summed E-state index contributed by atoms with van der Waals surface area (Å²) in [4.78, 5) is 4.94. The number of hydrogen-bond donors (Lipinski definition) is 1. The summed E-state index contributed by atoms with van der Waals surface area (Å²) < 4.78 is 5.94. The molecule has 1 aliphatic heterocycles. The third-order valence-corrected chi connectivity index (χ3v) is 3.97. The maximum Gasteiger partial charge on any atom is 0.0829 e. The number of likely N-dealkylation sites (N-methyl/N-ethyl adjacent to an activating group) is 1. The third kappa shape index (κ3) is 8.15. The van der Waals surface area contributed by atoms with Crippen molar-refractivity contribution in [2.45, 2.75) is 65.1 Å². The first kappa shape index (κ1) is 18.9. The second kappa shape index (κ2) is 7.91. The van der Waals surface area contributed by atoms with Crippen LogP contribution in [0.1, 0.15) is 48.0 Å². The summed E-state index contributed by atoms with van der Waals surface area (Å²) in [5, 5.41) is 3.54. The minimum absolute atomic E-state index is 0.220. The third-order valence-electron chi connectivity index (χ3n) is 3.97. The van der Waals surface area contributed by atoms with Crippen LogP contribution in [0.25, 0.3) is 0 Å². The van der Waals surface area contributed by atoms with Crippen LogP contribution in [0.15, 0.2) is 0 Å². The summed E-state index contributed by atoms with van der Waals surface area (Å²) >= 11 is 0. The summed E-state index contributed by atoms with van der Waals surface area (Å²) in [5.74, 6) is 0. The van der Waals surface area contributed by atoms with E-state index in [1.807, 2.05) is 0 Å². The van der Waals surface area contributed by atoms with E-state index in [-0.39, 0.29) is 11.1 Å². The van der Waals surface area contributed by atoms with Crippen molar-refractivity contribution in [1.82, 2.24) is 15.1 Å². The van der Waals surface area contributed by atoms with Gasteiger partial charge in [0.15, 0.2) is 0 Å². The Morgan fingerprint density at radius 2 is 1.86 bits per heavy atom. The van der Waals surface area contributed by atoms with Crippen LogP contribution in [0.5, 0.6) is 0 Å². The molecule has 1 unspecified atom stereocenters. The van der Waals surface area contributed by atoms with Gasteiger partial charge in [-0.25, -0.2) is 0 Å². The molecular formula is C17H37N3O. The molecule has 0 saturated carbocycles. The number of nitrogens with one attached hydrogen (secondary N) is 1. The van der Waals surface area contributed by atoms with Gasteiger partial charge in [-0.3, -0.25) is 4.90 Å². The van der Waals surface area contributed by atoms with E-state index in [1.54, 1.807) is 0 Å². The summed E-state index contributed by atoms with van der Waals surface area (Å²) in [6.07, 6.45) is 1.53. The van der Waals surface area contributed by atoms with Gasteiger partial charge in [-0.1, -0.05) is 0 Å². The Balaban J connectivity index is 2.23. The van der Waals surface area contributed by atoms with Gasteiger partial charge in [0.1, 0.15) is 0 Å². The van der Waals surface area contributed by atoms with Gasteiger partial charge in [-0.2, -0.15) is 0 Å². The van der Waals surface area contributed by atoms with Crippen molar-refractivity contribution in [1.29, 1.82) is 0 Å². The Labute approximate surface area is 132 Å². The van der Waals surface area contributed by atoms with Gasteiger partial charge in [0, 0.05) is 30.7 Å². The smallest absolute Gasteiger partial charge is 0.0829 e. The number of hydrogen-bond acceptors (Lipinski definition) is 4. The Morgan fingerprint density at radius 1 is 1.19 bits per heavy atom. The first-order chi connectivity index (χ1) is 9.58. The van der Waals surface area contributed by atoms with Crippen molar-refractivity contribution in [3.05, 3.63) is 0 Å². The van der Waals surface area contributed by atoms with Crippen LogP contribution in [-0.4, -0.2) is 73.4 Å². The fourth-order valence-electron chi connectivity index (χ4n) is 2.69. The molecule has 1 fully saturated rings. The predicted molar refractivity (Wildman–Crippen MR) is 90.9 cm³/mol. The molecule has 0 amide bonds. The second-order valence-electron chi connectivity index (χ2n) is 8.40. The van der Waals surface area contributed by atoms with Gasteiger partial charge in [0.2, 0.25) is 0 Å². The lowest BCUT2D eigenvalue weighted by Crippen LogP contribution is -2.53. The monoisotopic (exact) mass is 299 g/mol. The molecule has 0 spiro atoms. The first-order valence-corrected chi connectivity index (χ1v) is 8.38. The fraction of sp³-hybridized carbons (Fsp3) is 1.00. The highest BCUT2D eigenvalue weighted by atomic mass is 16.5. The van der Waals surface area contributed by atoms with E-state index in [0.717, 1.165) is 39.3 Å². The van der Waals surface area contributed by atoms with Gasteiger partial charge < -0.3 is 15.0 Å². The van der Waals surface area contributed by atoms with E-state index < -0.39 is 0 Å². The molecule has 0 aromatic rings. The molecule has 1 aliphatic rings. The quantitative estimate of drug-likeness (QED) is 0.761. The normalized spacial score (nSPS) is 22.0. The lowest BCUT2D eigenvalue weighted by molar-refractivity contribution is -0.0669. The zero-order valence-electron chi connectivity index (χ0n) is 15.3. The molecule has 0 aromatic heterocycles. The van der Waals surface area contributed by atoms with Crippen molar-refractivity contribution in [2.24, 2.45) is 0 Å². The number of nitrogens with zero attached hydrogens (tertiary/aromatic N) is 2. The van der Waals surface area contributed by atoms with Crippen LogP contribution >= 0.6 is 0 Å². The Bertz CT molecular complexity index is 293. The van der Waals surface area contributed by atoms with E-state index in [4.69, 9.17) is 4.74 Å². The minimum atomic E-state index is 0.220. The SMILES string of the molecule is CN(CCCNC(C)(C)C)CC1CN(C(C)(C)C)CCO1. The molecule has 1 rings (SSSR count). The zero-order valence-corrected chi connectivity index (χ0v) is 15.3. The molecule has 21 heavy (non-hydrogen) atoms. The van der Waals surface area contributed by atoms with Crippen molar-refractivity contribution in [2.75, 3.05) is 46.4 Å². The van der Waals surface area contributed by atoms with Crippen LogP contribution in [0.4, 0.5) is 0 Å². The highest BCUT2D eigenvalue weighted by molar-refractivity contribution is 4.83. The summed E-state index contributed by atoms with van der Waals surface area (Å²) in [6, 6.07) is 0. The second-order valence-corrected chi connectivity index (χ2v) is 8.40. The Morgan fingerprint density at radius 3 is 2.43 bits per heavy atom. The van der Waals surface area contributed by atoms with Crippen molar-refractivity contribution in [3.8, 4) is 0 Å². The number of ether oxygens (including phenoxy) is 1. The lowest BCUT2D eigenvalue weighted by atomic mass is 10.0. The van der Waals surface area contributed by atoms with Crippen LogP contribution < -0.4 is 5.32 Å². The van der Waals surface area contributed by atoms with E-state index in [1.165, 1.54) is 6.42 Å². The molecule has 4 heteroatoms. The highest BCUT2D eigenvalue weighted by Crippen LogP contribution is 2.17. The molecule has 1 atom stereocenters. The van der Waals surface area contributed by atoms with Crippen LogP contribution in [0.3, 0.4) is 0 Å². The Kier molecular flexibility index (Phi) is 7.11. The molecule has 4 nitrogen and oxygen atoms in total. The first-order valence-electron chi connectivity index (χ1n) is 8.38. The van der Waals surface area contributed by atoms with Crippen LogP contribution in [0.2, 0.25) is 0 Å². The lowest BCUT2D eigenvalue weighted by Gasteiger charge is -2.42. The van der Waals surface area contributed by atoms with E-state index in [9.17, 15) is 0 Å². The van der Waals surface area contributed by atoms with Crippen LogP contribution in [0, 0.1) is 0 Å². The van der Waals surface area contributed by atoms with Crippen molar-refractivity contribution in [3.63, 3.8) is 0 Å². The maximum atomic E-state index is 5.94. The number of rotatable bonds is 6. The molecule has 0 radical (unpaired) electrons. The molecule has 1 N–H and O–H groups in total. The van der Waals surface area contributed by atoms with Gasteiger partial charge in [0.05, 0.1) is 12.7 Å². The standard InChI is InChI=1S/C17H37N3O/c1-16(2,3)18-9-8-10-19(7)13-15-14-20(11-12-21-15)17(4,5)6/h15,18H,8-14H2,1-7H3. The molecular weight excluding hydrogens is 262 g/mol. The number of morpholine rings is 1. The fourth-order valence-corrected chi connectivity index (χ4v) is 2.69. The van der Waals surface area contributed by atoms with Gasteiger partial charge in [0.25, 0.3) is 0 Å². The van der Waals surface area contributed by atoms with Crippen molar-refractivity contribution < 1.29 is 4.74 Å². The largest absolute Gasteiger partial charge is 0.374 e. The summed E-state index contributed by atoms with van der Waals surface area (Å²) in [6.45, 7) is 19.7. The average molecular weight is 300 g/mol. The maximum absolute atomic E-state index is 5.94. The van der Waals surface area contributed by atoms with E-state index >= 15 is 0 Å². The van der Waals surface area contributed by atoms with E-state index in [2.05, 4.69) is 63.7 Å². The van der Waals surface area contributed by atoms with E-state index in [0.29, 0.717) is 6.10 Å². The molecule has 126 valence electrons. The highest BCUT2D eigenvalue weighted by Gasteiger charge is 2.28. The Hall–Kier alpha value is -0.160. The van der Waals surface area contributed by atoms with Gasteiger partial charge in [-0.15, -0.1) is 0 Å². The van der Waals surface area contributed by atoms with Crippen LogP contribution in [-0.2, 0) is 4.74 Å². The molecule has 0 aliphatic carbocycles.